The molecule has 2 nitrogen and oxygen atoms in total. The Kier molecular flexibility index (Phi) is 2.68. The second-order valence-electron chi connectivity index (χ2n) is 4.87. The fraction of sp³-hybridized carbons (Fsp3) is 0.538. The molecule has 1 fully saturated rings. The van der Waals surface area contributed by atoms with Crippen LogP contribution in [0.5, 0.6) is 0 Å². The van der Waals surface area contributed by atoms with Crippen LogP contribution in [0, 0.1) is 0 Å². The summed E-state index contributed by atoms with van der Waals surface area (Å²) in [6.45, 7) is 0. The Morgan fingerprint density at radius 2 is 2.12 bits per heavy atom. The largest absolute Gasteiger partial charge is 0.353 e. The molecule has 1 aromatic carbocycles. The van der Waals surface area contributed by atoms with Gasteiger partial charge in [-0.3, -0.25) is 0 Å². The summed E-state index contributed by atoms with van der Waals surface area (Å²) in [6.07, 6.45) is 6.40. The van der Waals surface area contributed by atoms with Crippen LogP contribution in [0.3, 0.4) is 0 Å². The van der Waals surface area contributed by atoms with Gasteiger partial charge in [0.15, 0.2) is 0 Å². The number of fused-ring (bicyclic) bond motifs is 3. The fourth-order valence-electron chi connectivity index (χ4n) is 3.08. The normalized spacial score (nSPS) is 28.5. The second-order valence-corrected chi connectivity index (χ2v) is 5.79. The van der Waals surface area contributed by atoms with Gasteiger partial charge in [0.1, 0.15) is 0 Å². The molecule has 2 heterocycles. The maximum absolute atomic E-state index is 6.26. The molecule has 0 amide bonds. The van der Waals surface area contributed by atoms with Crippen LogP contribution in [0.1, 0.15) is 31.2 Å². The molecule has 3 rings (SSSR count). The lowest BCUT2D eigenvalue weighted by molar-refractivity contribution is 0.360. The van der Waals surface area contributed by atoms with Crippen LogP contribution in [-0.4, -0.2) is 12.2 Å². The molecule has 2 N–H and O–H groups in total. The Bertz CT molecular complexity index is 405. The molecule has 86 valence electrons. The second kappa shape index (κ2) is 4.04. The maximum atomic E-state index is 6.26. The van der Waals surface area contributed by atoms with Gasteiger partial charge in [-0.2, -0.15) is 0 Å². The van der Waals surface area contributed by atoms with Crippen molar-refractivity contribution < 1.29 is 0 Å². The summed E-state index contributed by atoms with van der Waals surface area (Å²) < 4.78 is 1.16. The zero-order valence-electron chi connectivity index (χ0n) is 9.32. The van der Waals surface area contributed by atoms with E-state index in [-0.39, 0.29) is 6.17 Å². The summed E-state index contributed by atoms with van der Waals surface area (Å²) in [5.74, 6) is 0. The number of anilines is 1. The van der Waals surface area contributed by atoms with Crippen molar-refractivity contribution in [1.29, 1.82) is 0 Å². The molecular weight excluding hydrogens is 264 g/mol. The standard InChI is InChI=1S/C13H17BrN2/c14-10-6-4-9-5-7-11-2-1-3-13(15)16(11)12(9)8-10/h4,6,8,11,13H,1-3,5,7,15H2. The summed E-state index contributed by atoms with van der Waals surface area (Å²) in [6, 6.07) is 7.27. The highest BCUT2D eigenvalue weighted by atomic mass is 79.9. The van der Waals surface area contributed by atoms with Gasteiger partial charge in [-0.25, -0.2) is 0 Å². The van der Waals surface area contributed by atoms with Gasteiger partial charge in [-0.1, -0.05) is 22.0 Å². The predicted molar refractivity (Wildman–Crippen MR) is 70.6 cm³/mol. The van der Waals surface area contributed by atoms with Crippen molar-refractivity contribution >= 4 is 21.6 Å². The van der Waals surface area contributed by atoms with E-state index in [9.17, 15) is 0 Å². The van der Waals surface area contributed by atoms with E-state index in [0.29, 0.717) is 6.04 Å². The third-order valence-electron chi connectivity index (χ3n) is 3.86. The van der Waals surface area contributed by atoms with Gasteiger partial charge in [0, 0.05) is 16.2 Å². The number of hydrogen-bond donors (Lipinski definition) is 1. The Morgan fingerprint density at radius 1 is 1.25 bits per heavy atom. The van der Waals surface area contributed by atoms with Gasteiger partial charge in [-0.05, 0) is 49.8 Å². The molecule has 0 radical (unpaired) electrons. The molecule has 2 aliphatic rings. The number of nitrogens with two attached hydrogens (primary N) is 1. The summed E-state index contributed by atoms with van der Waals surface area (Å²) in [4.78, 5) is 2.45. The number of rotatable bonds is 0. The quantitative estimate of drug-likeness (QED) is 0.792. The van der Waals surface area contributed by atoms with E-state index in [0.717, 1.165) is 10.9 Å². The van der Waals surface area contributed by atoms with E-state index >= 15 is 0 Å². The Labute approximate surface area is 105 Å². The van der Waals surface area contributed by atoms with Crippen molar-refractivity contribution in [3.8, 4) is 0 Å². The van der Waals surface area contributed by atoms with Gasteiger partial charge in [0.25, 0.3) is 0 Å². The van der Waals surface area contributed by atoms with Crippen LogP contribution < -0.4 is 10.6 Å². The minimum absolute atomic E-state index is 0.215. The number of hydrogen-bond acceptors (Lipinski definition) is 2. The number of piperidine rings is 1. The maximum Gasteiger partial charge on any atom is 0.0774 e. The van der Waals surface area contributed by atoms with Crippen molar-refractivity contribution in [2.45, 2.75) is 44.3 Å². The first kappa shape index (κ1) is 10.6. The van der Waals surface area contributed by atoms with Crippen molar-refractivity contribution in [2.75, 3.05) is 4.90 Å². The molecule has 1 saturated heterocycles. The van der Waals surface area contributed by atoms with Crippen LogP contribution in [0.25, 0.3) is 0 Å². The van der Waals surface area contributed by atoms with Gasteiger partial charge in [-0.15, -0.1) is 0 Å². The smallest absolute Gasteiger partial charge is 0.0774 e. The molecule has 0 saturated carbocycles. The summed E-state index contributed by atoms with van der Waals surface area (Å²) in [5, 5.41) is 0. The number of aryl methyl sites for hydroxylation is 1. The molecule has 0 bridgehead atoms. The number of benzene rings is 1. The van der Waals surface area contributed by atoms with Gasteiger partial charge < -0.3 is 10.6 Å². The SMILES string of the molecule is NC1CCCC2CCc3ccc(Br)cc3N12. The summed E-state index contributed by atoms with van der Waals surface area (Å²) in [5.41, 5.74) is 9.08. The Hall–Kier alpha value is -0.540. The first-order valence-corrected chi connectivity index (χ1v) is 6.87. The topological polar surface area (TPSA) is 29.3 Å². The lowest BCUT2D eigenvalue weighted by atomic mass is 9.88. The van der Waals surface area contributed by atoms with Crippen molar-refractivity contribution in [1.82, 2.24) is 0 Å². The zero-order chi connectivity index (χ0) is 11.1. The van der Waals surface area contributed by atoms with Crippen molar-refractivity contribution in [2.24, 2.45) is 5.73 Å². The van der Waals surface area contributed by atoms with Gasteiger partial charge >= 0.3 is 0 Å². The third kappa shape index (κ3) is 1.66. The lowest BCUT2D eigenvalue weighted by Gasteiger charge is -2.46. The Morgan fingerprint density at radius 3 is 3.00 bits per heavy atom. The van der Waals surface area contributed by atoms with E-state index in [1.54, 1.807) is 0 Å². The molecule has 16 heavy (non-hydrogen) atoms. The molecule has 2 aliphatic heterocycles. The van der Waals surface area contributed by atoms with E-state index in [1.165, 1.54) is 36.9 Å². The van der Waals surface area contributed by atoms with E-state index < -0.39 is 0 Å². The lowest BCUT2D eigenvalue weighted by Crippen LogP contribution is -2.53. The van der Waals surface area contributed by atoms with Crippen LogP contribution in [0.15, 0.2) is 22.7 Å². The average Bonchev–Trinajstić information content (AvgIpc) is 2.28. The van der Waals surface area contributed by atoms with Crippen LogP contribution in [0.4, 0.5) is 5.69 Å². The molecular formula is C13H17BrN2. The van der Waals surface area contributed by atoms with E-state index in [1.807, 2.05) is 0 Å². The van der Waals surface area contributed by atoms with Crippen LogP contribution in [0.2, 0.25) is 0 Å². The molecule has 3 heteroatoms. The molecule has 2 atom stereocenters. The average molecular weight is 281 g/mol. The van der Waals surface area contributed by atoms with E-state index in [2.05, 4.69) is 39.0 Å². The van der Waals surface area contributed by atoms with Gasteiger partial charge in [0.05, 0.1) is 6.17 Å². The van der Waals surface area contributed by atoms with E-state index in [4.69, 9.17) is 5.73 Å². The summed E-state index contributed by atoms with van der Waals surface area (Å²) in [7, 11) is 0. The molecule has 0 aliphatic carbocycles. The minimum Gasteiger partial charge on any atom is -0.353 e. The summed E-state index contributed by atoms with van der Waals surface area (Å²) >= 11 is 3.56. The monoisotopic (exact) mass is 280 g/mol. The van der Waals surface area contributed by atoms with Gasteiger partial charge in [0.2, 0.25) is 0 Å². The highest BCUT2D eigenvalue weighted by Gasteiger charge is 2.32. The number of halogens is 1. The highest BCUT2D eigenvalue weighted by molar-refractivity contribution is 9.10. The molecule has 0 aromatic heterocycles. The highest BCUT2D eigenvalue weighted by Crippen LogP contribution is 2.38. The van der Waals surface area contributed by atoms with Crippen LogP contribution >= 0.6 is 15.9 Å². The number of nitrogens with zero attached hydrogens (tertiary/aromatic N) is 1. The molecule has 0 spiro atoms. The van der Waals surface area contributed by atoms with Crippen molar-refractivity contribution in [3.05, 3.63) is 28.2 Å². The zero-order valence-corrected chi connectivity index (χ0v) is 10.9. The first-order chi connectivity index (χ1) is 7.75. The minimum atomic E-state index is 0.215. The molecule has 1 aromatic rings. The predicted octanol–water partition coefficient (Wildman–Crippen LogP) is 3.04. The third-order valence-corrected chi connectivity index (χ3v) is 4.35. The van der Waals surface area contributed by atoms with Crippen LogP contribution in [-0.2, 0) is 6.42 Å². The van der Waals surface area contributed by atoms with Crippen molar-refractivity contribution in [3.63, 3.8) is 0 Å². The molecule has 2 unspecified atom stereocenters. The first-order valence-electron chi connectivity index (χ1n) is 6.08. The fourth-order valence-corrected chi connectivity index (χ4v) is 3.43. The Balaban J connectivity index is 2.04.